The molecule has 0 saturated heterocycles. The van der Waals surface area contributed by atoms with Crippen LogP contribution in [0.3, 0.4) is 0 Å². The Morgan fingerprint density at radius 2 is 1.21 bits per heavy atom. The van der Waals surface area contributed by atoms with E-state index >= 15 is 0 Å². The lowest BCUT2D eigenvalue weighted by Gasteiger charge is -1.97. The van der Waals surface area contributed by atoms with E-state index in [0.29, 0.717) is 0 Å². The van der Waals surface area contributed by atoms with E-state index < -0.39 is 11.9 Å². The zero-order valence-electron chi connectivity index (χ0n) is 8.20. The van der Waals surface area contributed by atoms with Gasteiger partial charge in [-0.3, -0.25) is 0 Å². The van der Waals surface area contributed by atoms with E-state index in [2.05, 4.69) is 22.6 Å². The van der Waals surface area contributed by atoms with E-state index in [9.17, 15) is 9.59 Å². The van der Waals surface area contributed by atoms with Crippen LogP contribution in [0.15, 0.2) is 36.8 Å². The SMILES string of the molecule is C=C(C)C(=O)OC=COC(=O)C(=C)C. The predicted molar refractivity (Wildman–Crippen MR) is 51.0 cm³/mol. The van der Waals surface area contributed by atoms with Gasteiger partial charge in [-0.2, -0.15) is 0 Å². The Hall–Kier alpha value is -1.84. The minimum Gasteiger partial charge on any atom is -0.428 e. The molecule has 14 heavy (non-hydrogen) atoms. The van der Waals surface area contributed by atoms with Gasteiger partial charge in [-0.05, 0) is 13.8 Å². The van der Waals surface area contributed by atoms with Crippen LogP contribution in [0.5, 0.6) is 0 Å². The van der Waals surface area contributed by atoms with E-state index in [1.807, 2.05) is 0 Å². The molecule has 0 bridgehead atoms. The largest absolute Gasteiger partial charge is 0.428 e. The molecule has 0 aliphatic heterocycles. The zero-order valence-corrected chi connectivity index (χ0v) is 8.20. The zero-order chi connectivity index (χ0) is 11.1. The summed E-state index contributed by atoms with van der Waals surface area (Å²) in [5.74, 6) is -1.15. The second-order valence-corrected chi connectivity index (χ2v) is 2.64. The van der Waals surface area contributed by atoms with Gasteiger partial charge in [0.25, 0.3) is 0 Å². The van der Waals surface area contributed by atoms with E-state index in [1.54, 1.807) is 0 Å². The highest BCUT2D eigenvalue weighted by atomic mass is 16.6. The molecule has 4 nitrogen and oxygen atoms in total. The summed E-state index contributed by atoms with van der Waals surface area (Å²) in [4.78, 5) is 21.6. The smallest absolute Gasteiger partial charge is 0.338 e. The van der Waals surface area contributed by atoms with E-state index in [-0.39, 0.29) is 11.1 Å². The normalized spacial score (nSPS) is 9.57. The third kappa shape index (κ3) is 4.92. The molecule has 4 heteroatoms. The Labute approximate surface area is 82.5 Å². The fourth-order valence-corrected chi connectivity index (χ4v) is 0.380. The van der Waals surface area contributed by atoms with Crippen LogP contribution in [-0.2, 0) is 19.1 Å². The van der Waals surface area contributed by atoms with Gasteiger partial charge >= 0.3 is 11.9 Å². The van der Waals surface area contributed by atoms with Crippen molar-refractivity contribution in [1.82, 2.24) is 0 Å². The Morgan fingerprint density at radius 1 is 0.929 bits per heavy atom. The van der Waals surface area contributed by atoms with Crippen molar-refractivity contribution in [2.75, 3.05) is 0 Å². The van der Waals surface area contributed by atoms with Crippen LogP contribution < -0.4 is 0 Å². The lowest BCUT2D eigenvalue weighted by molar-refractivity contribution is -0.136. The molecule has 0 heterocycles. The van der Waals surface area contributed by atoms with Gasteiger partial charge in [-0.1, -0.05) is 13.2 Å². The van der Waals surface area contributed by atoms with Crippen molar-refractivity contribution in [1.29, 1.82) is 0 Å². The minimum absolute atomic E-state index is 0.265. The quantitative estimate of drug-likeness (QED) is 0.390. The maximum atomic E-state index is 10.8. The molecular weight excluding hydrogens is 184 g/mol. The first-order valence-corrected chi connectivity index (χ1v) is 3.83. The Bertz CT molecular complexity index is 269. The highest BCUT2D eigenvalue weighted by molar-refractivity contribution is 5.88. The maximum absolute atomic E-state index is 10.8. The van der Waals surface area contributed by atoms with Crippen LogP contribution in [0.2, 0.25) is 0 Å². The number of esters is 2. The van der Waals surface area contributed by atoms with Crippen molar-refractivity contribution in [2.45, 2.75) is 13.8 Å². The van der Waals surface area contributed by atoms with Gasteiger partial charge in [-0.25, -0.2) is 9.59 Å². The van der Waals surface area contributed by atoms with E-state index in [1.165, 1.54) is 13.8 Å². The molecule has 0 saturated carbocycles. The number of hydrogen-bond acceptors (Lipinski definition) is 4. The van der Waals surface area contributed by atoms with E-state index in [0.717, 1.165) is 12.5 Å². The summed E-state index contributed by atoms with van der Waals surface area (Å²) in [5.41, 5.74) is 0.529. The van der Waals surface area contributed by atoms with Crippen molar-refractivity contribution >= 4 is 11.9 Å². The molecule has 0 fully saturated rings. The molecule has 0 spiro atoms. The predicted octanol–water partition coefficient (Wildman–Crippen LogP) is 1.70. The van der Waals surface area contributed by atoms with Gasteiger partial charge in [0.15, 0.2) is 0 Å². The summed E-state index contributed by atoms with van der Waals surface area (Å²) in [7, 11) is 0. The van der Waals surface area contributed by atoms with Crippen LogP contribution in [0.25, 0.3) is 0 Å². The monoisotopic (exact) mass is 196 g/mol. The molecule has 0 rings (SSSR count). The molecule has 0 aliphatic carbocycles. The molecule has 0 atom stereocenters. The average molecular weight is 196 g/mol. The molecule has 0 aromatic carbocycles. The van der Waals surface area contributed by atoms with Crippen molar-refractivity contribution in [3.63, 3.8) is 0 Å². The van der Waals surface area contributed by atoms with Gasteiger partial charge in [0, 0.05) is 11.1 Å². The summed E-state index contributed by atoms with van der Waals surface area (Å²) in [5, 5.41) is 0. The van der Waals surface area contributed by atoms with Gasteiger partial charge < -0.3 is 9.47 Å². The summed E-state index contributed by atoms with van der Waals surface area (Å²) in [6.45, 7) is 9.75. The molecule has 0 aromatic rings. The number of hydrogen-bond donors (Lipinski definition) is 0. The third-order valence-electron chi connectivity index (χ3n) is 1.10. The van der Waals surface area contributed by atoms with Crippen LogP contribution in [0.4, 0.5) is 0 Å². The molecule has 76 valence electrons. The standard InChI is InChI=1S/C10H12O4/c1-7(2)9(11)13-5-6-14-10(12)8(3)4/h5-6H,1,3H2,2,4H3. The summed E-state index contributed by atoms with van der Waals surface area (Å²) in [6, 6.07) is 0. The third-order valence-corrected chi connectivity index (χ3v) is 1.10. The van der Waals surface area contributed by atoms with Crippen LogP contribution in [-0.4, -0.2) is 11.9 Å². The Morgan fingerprint density at radius 3 is 1.43 bits per heavy atom. The maximum Gasteiger partial charge on any atom is 0.338 e. The van der Waals surface area contributed by atoms with Crippen LogP contribution in [0.1, 0.15) is 13.8 Å². The minimum atomic E-state index is -0.576. The first kappa shape index (κ1) is 12.2. The Balaban J connectivity index is 3.86. The second-order valence-electron chi connectivity index (χ2n) is 2.64. The molecule has 0 aliphatic rings. The lowest BCUT2D eigenvalue weighted by Crippen LogP contribution is -2.01. The highest BCUT2D eigenvalue weighted by Gasteiger charge is 2.01. The van der Waals surface area contributed by atoms with Crippen molar-refractivity contribution in [3.8, 4) is 0 Å². The first-order chi connectivity index (χ1) is 6.45. The lowest BCUT2D eigenvalue weighted by atomic mass is 10.4. The molecule has 0 N–H and O–H groups in total. The summed E-state index contributed by atoms with van der Waals surface area (Å²) in [6.07, 6.45) is 1.94. The van der Waals surface area contributed by atoms with Crippen molar-refractivity contribution in [2.24, 2.45) is 0 Å². The molecule has 0 amide bonds. The average Bonchev–Trinajstić information content (AvgIpc) is 2.11. The number of ether oxygens (including phenoxy) is 2. The van der Waals surface area contributed by atoms with Gasteiger partial charge in [0.05, 0.1) is 0 Å². The summed E-state index contributed by atoms with van der Waals surface area (Å²) >= 11 is 0. The number of carbonyl (C=O) groups is 2. The first-order valence-electron chi connectivity index (χ1n) is 3.83. The molecule has 0 unspecified atom stereocenters. The van der Waals surface area contributed by atoms with Crippen LogP contribution >= 0.6 is 0 Å². The highest BCUT2D eigenvalue weighted by Crippen LogP contribution is 1.95. The Kier molecular flexibility index (Phi) is 4.99. The number of carbonyl (C=O) groups excluding carboxylic acids is 2. The van der Waals surface area contributed by atoms with Gasteiger partial charge in [-0.15, -0.1) is 0 Å². The molecular formula is C10H12O4. The van der Waals surface area contributed by atoms with Gasteiger partial charge in [0.2, 0.25) is 0 Å². The fourth-order valence-electron chi connectivity index (χ4n) is 0.380. The van der Waals surface area contributed by atoms with Crippen LogP contribution in [0, 0.1) is 0 Å². The van der Waals surface area contributed by atoms with Gasteiger partial charge in [0.1, 0.15) is 12.5 Å². The van der Waals surface area contributed by atoms with E-state index in [4.69, 9.17) is 0 Å². The van der Waals surface area contributed by atoms with Crippen molar-refractivity contribution in [3.05, 3.63) is 36.8 Å². The molecule has 0 aromatic heterocycles. The number of rotatable bonds is 4. The topological polar surface area (TPSA) is 52.6 Å². The second kappa shape index (κ2) is 5.75. The summed E-state index contributed by atoms with van der Waals surface area (Å²) < 4.78 is 9.02. The fraction of sp³-hybridized carbons (Fsp3) is 0.200. The van der Waals surface area contributed by atoms with Crippen molar-refractivity contribution < 1.29 is 19.1 Å². The molecule has 0 radical (unpaired) electrons.